The van der Waals surface area contributed by atoms with Crippen LogP contribution >= 0.6 is 11.3 Å². The predicted octanol–water partition coefficient (Wildman–Crippen LogP) is 2.91. The van der Waals surface area contributed by atoms with Gasteiger partial charge in [-0.25, -0.2) is 0 Å². The molecule has 1 amide bonds. The minimum Gasteiger partial charge on any atom is -0.468 e. The van der Waals surface area contributed by atoms with Crippen LogP contribution in [0.5, 0.6) is 0 Å². The number of likely N-dealkylation sites (tertiary alicyclic amines) is 1. The number of furan rings is 1. The maximum Gasteiger partial charge on any atom is 0.261 e. The zero-order valence-corrected chi connectivity index (χ0v) is 12.1. The van der Waals surface area contributed by atoms with E-state index in [4.69, 9.17) is 4.42 Å². The summed E-state index contributed by atoms with van der Waals surface area (Å²) >= 11 is 1.46. The molecule has 5 heteroatoms. The van der Waals surface area contributed by atoms with E-state index in [1.807, 2.05) is 29.6 Å². The zero-order chi connectivity index (χ0) is 13.8. The van der Waals surface area contributed by atoms with Crippen LogP contribution in [-0.2, 0) is 0 Å². The van der Waals surface area contributed by atoms with Gasteiger partial charge in [-0.1, -0.05) is 6.07 Å². The summed E-state index contributed by atoms with van der Waals surface area (Å²) in [4.78, 5) is 15.2. The Bertz CT molecular complexity index is 530. The number of amides is 1. The summed E-state index contributed by atoms with van der Waals surface area (Å²) in [6, 6.07) is 7.76. The number of hydrogen-bond donors (Lipinski definition) is 1. The third-order valence-electron chi connectivity index (χ3n) is 3.65. The van der Waals surface area contributed by atoms with E-state index < -0.39 is 0 Å². The monoisotopic (exact) mass is 290 g/mol. The number of carbonyl (C=O) groups is 1. The molecule has 3 rings (SSSR count). The highest BCUT2D eigenvalue weighted by Gasteiger charge is 2.26. The molecular weight excluding hydrogens is 272 g/mol. The van der Waals surface area contributed by atoms with Crippen molar-refractivity contribution in [2.45, 2.75) is 18.9 Å². The van der Waals surface area contributed by atoms with E-state index in [2.05, 4.69) is 10.2 Å². The molecular formula is C15H18N2O2S. The maximum atomic E-state index is 12.0. The third-order valence-corrected chi connectivity index (χ3v) is 4.52. The van der Waals surface area contributed by atoms with Crippen LogP contribution in [0.3, 0.4) is 0 Å². The Morgan fingerprint density at radius 2 is 2.20 bits per heavy atom. The minimum absolute atomic E-state index is 0.00393. The van der Waals surface area contributed by atoms with Crippen molar-refractivity contribution in [1.82, 2.24) is 10.2 Å². The highest BCUT2D eigenvalue weighted by molar-refractivity contribution is 7.12. The largest absolute Gasteiger partial charge is 0.468 e. The quantitative estimate of drug-likeness (QED) is 0.921. The smallest absolute Gasteiger partial charge is 0.261 e. The van der Waals surface area contributed by atoms with E-state index in [0.717, 1.165) is 23.7 Å². The highest BCUT2D eigenvalue weighted by Crippen LogP contribution is 2.25. The lowest BCUT2D eigenvalue weighted by molar-refractivity contribution is 0.0938. The second kappa shape index (κ2) is 6.24. The van der Waals surface area contributed by atoms with Gasteiger partial charge in [0.05, 0.1) is 17.2 Å². The van der Waals surface area contributed by atoms with Crippen LogP contribution in [0.15, 0.2) is 40.3 Å². The molecule has 4 nitrogen and oxygen atoms in total. The van der Waals surface area contributed by atoms with Gasteiger partial charge in [0.1, 0.15) is 5.76 Å². The molecule has 1 saturated heterocycles. The fourth-order valence-electron chi connectivity index (χ4n) is 2.63. The van der Waals surface area contributed by atoms with Crippen LogP contribution in [-0.4, -0.2) is 30.4 Å². The number of thiophene rings is 1. The van der Waals surface area contributed by atoms with Gasteiger partial charge < -0.3 is 9.73 Å². The van der Waals surface area contributed by atoms with Crippen molar-refractivity contribution >= 4 is 17.2 Å². The lowest BCUT2D eigenvalue weighted by Gasteiger charge is -2.25. The summed E-state index contributed by atoms with van der Waals surface area (Å²) in [6.45, 7) is 2.73. The van der Waals surface area contributed by atoms with Crippen molar-refractivity contribution in [3.8, 4) is 0 Å². The molecule has 1 fully saturated rings. The number of nitrogens with zero attached hydrogens (tertiary/aromatic N) is 1. The van der Waals surface area contributed by atoms with Crippen molar-refractivity contribution in [2.24, 2.45) is 0 Å². The average molecular weight is 290 g/mol. The Kier molecular flexibility index (Phi) is 4.18. The van der Waals surface area contributed by atoms with Crippen molar-refractivity contribution in [1.29, 1.82) is 0 Å². The Balaban J connectivity index is 1.66. The Labute approximate surface area is 122 Å². The number of rotatable bonds is 5. The molecule has 2 aromatic heterocycles. The second-order valence-corrected chi connectivity index (χ2v) is 5.91. The summed E-state index contributed by atoms with van der Waals surface area (Å²) in [5.74, 6) is 0.925. The van der Waals surface area contributed by atoms with Gasteiger partial charge in [-0.15, -0.1) is 11.3 Å². The van der Waals surface area contributed by atoms with Gasteiger partial charge in [-0.05, 0) is 49.5 Å². The fourth-order valence-corrected chi connectivity index (χ4v) is 3.27. The molecule has 1 aliphatic rings. The SMILES string of the molecule is O=C(NCC(c1ccco1)N1CCCC1)c1cccs1. The van der Waals surface area contributed by atoms with E-state index >= 15 is 0 Å². The van der Waals surface area contributed by atoms with Gasteiger partial charge >= 0.3 is 0 Å². The van der Waals surface area contributed by atoms with Crippen molar-refractivity contribution in [2.75, 3.05) is 19.6 Å². The summed E-state index contributed by atoms with van der Waals surface area (Å²) in [6.07, 6.45) is 4.13. The Morgan fingerprint density at radius 3 is 2.85 bits per heavy atom. The van der Waals surface area contributed by atoms with E-state index in [1.165, 1.54) is 24.2 Å². The first-order chi connectivity index (χ1) is 9.84. The first-order valence-corrected chi connectivity index (χ1v) is 7.82. The van der Waals surface area contributed by atoms with Crippen LogP contribution < -0.4 is 5.32 Å². The van der Waals surface area contributed by atoms with Crippen molar-refractivity contribution < 1.29 is 9.21 Å². The molecule has 1 N–H and O–H groups in total. The van der Waals surface area contributed by atoms with Crippen LogP contribution in [0.2, 0.25) is 0 Å². The molecule has 2 aromatic rings. The van der Waals surface area contributed by atoms with E-state index in [9.17, 15) is 4.79 Å². The minimum atomic E-state index is -0.00393. The Hall–Kier alpha value is -1.59. The van der Waals surface area contributed by atoms with Gasteiger partial charge in [0.2, 0.25) is 0 Å². The molecule has 0 aromatic carbocycles. The van der Waals surface area contributed by atoms with Gasteiger partial charge in [0.25, 0.3) is 5.91 Å². The van der Waals surface area contributed by atoms with Gasteiger partial charge in [0.15, 0.2) is 0 Å². The van der Waals surface area contributed by atoms with Gasteiger partial charge in [-0.3, -0.25) is 9.69 Å². The standard InChI is InChI=1S/C15H18N2O2S/c18-15(14-6-4-10-20-14)16-11-12(13-5-3-9-19-13)17-7-1-2-8-17/h3-6,9-10,12H,1-2,7-8,11H2,(H,16,18). The normalized spacial score (nSPS) is 17.2. The molecule has 3 heterocycles. The number of carbonyl (C=O) groups excluding carboxylic acids is 1. The van der Waals surface area contributed by atoms with Gasteiger partial charge in [-0.2, -0.15) is 0 Å². The van der Waals surface area contributed by atoms with Crippen LogP contribution in [0.4, 0.5) is 0 Å². The van der Waals surface area contributed by atoms with Crippen molar-refractivity contribution in [3.63, 3.8) is 0 Å². The molecule has 0 saturated carbocycles. The molecule has 20 heavy (non-hydrogen) atoms. The molecule has 0 radical (unpaired) electrons. The van der Waals surface area contributed by atoms with Crippen LogP contribution in [0, 0.1) is 0 Å². The van der Waals surface area contributed by atoms with Gasteiger partial charge in [0, 0.05) is 6.54 Å². The molecule has 106 valence electrons. The summed E-state index contributed by atoms with van der Waals surface area (Å²) in [5.41, 5.74) is 0. The first-order valence-electron chi connectivity index (χ1n) is 6.94. The molecule has 0 spiro atoms. The molecule has 1 atom stereocenters. The van der Waals surface area contributed by atoms with Crippen molar-refractivity contribution in [3.05, 3.63) is 46.5 Å². The second-order valence-electron chi connectivity index (χ2n) is 4.96. The summed E-state index contributed by atoms with van der Waals surface area (Å²) in [5, 5.41) is 4.94. The first kappa shape index (κ1) is 13.4. The maximum absolute atomic E-state index is 12.0. The molecule has 1 unspecified atom stereocenters. The summed E-state index contributed by atoms with van der Waals surface area (Å²) < 4.78 is 5.54. The molecule has 0 aliphatic carbocycles. The van der Waals surface area contributed by atoms with E-state index in [1.54, 1.807) is 6.26 Å². The number of nitrogens with one attached hydrogen (secondary N) is 1. The lowest BCUT2D eigenvalue weighted by Crippen LogP contribution is -2.36. The average Bonchev–Trinajstić information content (AvgIpc) is 3.22. The molecule has 1 aliphatic heterocycles. The fraction of sp³-hybridized carbons (Fsp3) is 0.400. The lowest BCUT2D eigenvalue weighted by atomic mass is 10.2. The predicted molar refractivity (Wildman–Crippen MR) is 78.9 cm³/mol. The topological polar surface area (TPSA) is 45.5 Å². The van der Waals surface area contributed by atoms with E-state index in [0.29, 0.717) is 6.54 Å². The summed E-state index contributed by atoms with van der Waals surface area (Å²) in [7, 11) is 0. The highest BCUT2D eigenvalue weighted by atomic mass is 32.1. The van der Waals surface area contributed by atoms with Crippen LogP contribution in [0.25, 0.3) is 0 Å². The number of hydrogen-bond acceptors (Lipinski definition) is 4. The zero-order valence-electron chi connectivity index (χ0n) is 11.2. The van der Waals surface area contributed by atoms with Crippen LogP contribution in [0.1, 0.15) is 34.3 Å². The molecule has 0 bridgehead atoms. The van der Waals surface area contributed by atoms with E-state index in [-0.39, 0.29) is 11.9 Å². The third kappa shape index (κ3) is 2.94. The Morgan fingerprint density at radius 1 is 1.35 bits per heavy atom.